The minimum absolute atomic E-state index is 0.154. The highest BCUT2D eigenvalue weighted by Gasteiger charge is 2.52. The van der Waals surface area contributed by atoms with E-state index in [2.05, 4.69) is 17.6 Å². The average Bonchev–Trinajstić information content (AvgIpc) is 3.03. The SMILES string of the molecule is CC1CCC(NC(=O)CN2C(=O)NC3(CCCC3)C2=O)CC1. The van der Waals surface area contributed by atoms with Crippen molar-refractivity contribution in [1.82, 2.24) is 15.5 Å². The molecule has 0 bridgehead atoms. The van der Waals surface area contributed by atoms with Gasteiger partial charge in [0.2, 0.25) is 5.91 Å². The summed E-state index contributed by atoms with van der Waals surface area (Å²) in [5, 5.41) is 5.77. The van der Waals surface area contributed by atoms with Gasteiger partial charge in [-0.15, -0.1) is 0 Å². The van der Waals surface area contributed by atoms with Crippen LogP contribution in [0, 0.1) is 5.92 Å². The third-order valence-electron chi connectivity index (χ3n) is 5.39. The van der Waals surface area contributed by atoms with Crippen LogP contribution in [0.4, 0.5) is 4.79 Å². The van der Waals surface area contributed by atoms with Crippen molar-refractivity contribution in [3.63, 3.8) is 0 Å². The molecule has 1 heterocycles. The molecule has 3 aliphatic rings. The summed E-state index contributed by atoms with van der Waals surface area (Å²) in [7, 11) is 0. The Morgan fingerprint density at radius 3 is 2.50 bits per heavy atom. The normalized spacial score (nSPS) is 30.7. The number of rotatable bonds is 3. The van der Waals surface area contributed by atoms with E-state index in [9.17, 15) is 14.4 Å². The Kier molecular flexibility index (Phi) is 4.10. The molecule has 0 aromatic rings. The van der Waals surface area contributed by atoms with Crippen molar-refractivity contribution in [1.29, 1.82) is 0 Å². The lowest BCUT2D eigenvalue weighted by Gasteiger charge is -2.27. The highest BCUT2D eigenvalue weighted by Crippen LogP contribution is 2.34. The van der Waals surface area contributed by atoms with E-state index in [4.69, 9.17) is 0 Å². The molecule has 0 unspecified atom stereocenters. The second kappa shape index (κ2) is 5.89. The van der Waals surface area contributed by atoms with Gasteiger partial charge in [-0.2, -0.15) is 0 Å². The van der Waals surface area contributed by atoms with Crippen molar-refractivity contribution in [2.75, 3.05) is 6.54 Å². The average molecular weight is 307 g/mol. The Hall–Kier alpha value is -1.59. The molecule has 3 rings (SSSR count). The minimum atomic E-state index is -0.725. The lowest BCUT2D eigenvalue weighted by molar-refractivity contribution is -0.135. The van der Waals surface area contributed by atoms with Crippen LogP contribution < -0.4 is 10.6 Å². The molecule has 4 amide bonds. The van der Waals surface area contributed by atoms with Crippen LogP contribution >= 0.6 is 0 Å². The lowest BCUT2D eigenvalue weighted by Crippen LogP contribution is -2.47. The number of hydrogen-bond acceptors (Lipinski definition) is 3. The van der Waals surface area contributed by atoms with Gasteiger partial charge in [-0.25, -0.2) is 4.79 Å². The molecule has 0 aromatic heterocycles. The third-order valence-corrected chi connectivity index (χ3v) is 5.39. The zero-order valence-corrected chi connectivity index (χ0v) is 13.2. The van der Waals surface area contributed by atoms with E-state index in [0.717, 1.165) is 49.3 Å². The van der Waals surface area contributed by atoms with Crippen LogP contribution in [0.15, 0.2) is 0 Å². The molecule has 122 valence electrons. The molecule has 6 heteroatoms. The summed E-state index contributed by atoms with van der Waals surface area (Å²) in [5.41, 5.74) is -0.725. The molecule has 1 spiro atoms. The van der Waals surface area contributed by atoms with Crippen LogP contribution in [0.25, 0.3) is 0 Å². The van der Waals surface area contributed by atoms with Crippen LogP contribution in [-0.2, 0) is 9.59 Å². The van der Waals surface area contributed by atoms with Gasteiger partial charge in [-0.3, -0.25) is 14.5 Å². The molecule has 2 N–H and O–H groups in total. The van der Waals surface area contributed by atoms with Gasteiger partial charge < -0.3 is 10.6 Å². The highest BCUT2D eigenvalue weighted by atomic mass is 16.2. The maximum Gasteiger partial charge on any atom is 0.325 e. The Bertz CT molecular complexity index is 477. The molecule has 1 aliphatic heterocycles. The molecule has 2 saturated carbocycles. The predicted octanol–water partition coefficient (Wildman–Crippen LogP) is 1.55. The maximum absolute atomic E-state index is 12.5. The minimum Gasteiger partial charge on any atom is -0.352 e. The number of urea groups is 1. The van der Waals surface area contributed by atoms with Gasteiger partial charge in [0.25, 0.3) is 5.91 Å². The molecule has 0 atom stereocenters. The van der Waals surface area contributed by atoms with Crippen molar-refractivity contribution < 1.29 is 14.4 Å². The summed E-state index contributed by atoms with van der Waals surface area (Å²) in [6.45, 7) is 2.07. The van der Waals surface area contributed by atoms with Gasteiger partial charge >= 0.3 is 6.03 Å². The van der Waals surface area contributed by atoms with E-state index < -0.39 is 11.6 Å². The first-order valence-electron chi connectivity index (χ1n) is 8.44. The molecule has 0 radical (unpaired) electrons. The Morgan fingerprint density at radius 1 is 1.23 bits per heavy atom. The summed E-state index contributed by atoms with van der Waals surface area (Å²) in [4.78, 5) is 37.8. The zero-order valence-electron chi connectivity index (χ0n) is 13.2. The molecule has 22 heavy (non-hydrogen) atoms. The lowest BCUT2D eigenvalue weighted by atomic mass is 9.87. The van der Waals surface area contributed by atoms with Crippen molar-refractivity contribution in [2.24, 2.45) is 5.92 Å². The van der Waals surface area contributed by atoms with Gasteiger partial charge in [0.1, 0.15) is 12.1 Å². The van der Waals surface area contributed by atoms with Crippen molar-refractivity contribution >= 4 is 17.8 Å². The first-order valence-corrected chi connectivity index (χ1v) is 8.44. The van der Waals surface area contributed by atoms with Crippen LogP contribution in [0.1, 0.15) is 58.3 Å². The third kappa shape index (κ3) is 2.83. The van der Waals surface area contributed by atoms with Crippen LogP contribution in [0.3, 0.4) is 0 Å². The van der Waals surface area contributed by atoms with E-state index in [1.54, 1.807) is 0 Å². The Labute approximate surface area is 131 Å². The standard InChI is InChI=1S/C16H25N3O3/c1-11-4-6-12(7-5-11)17-13(20)10-19-14(21)16(18-15(19)22)8-2-3-9-16/h11-12H,2-10H2,1H3,(H,17,20)(H,18,22). The second-order valence-corrected chi connectivity index (χ2v) is 7.13. The van der Waals surface area contributed by atoms with Crippen molar-refractivity contribution in [3.8, 4) is 0 Å². The maximum atomic E-state index is 12.5. The Morgan fingerprint density at radius 2 is 1.86 bits per heavy atom. The fourth-order valence-electron chi connectivity index (χ4n) is 3.96. The fraction of sp³-hybridized carbons (Fsp3) is 0.812. The molecule has 0 aromatic carbocycles. The van der Waals surface area contributed by atoms with E-state index in [0.29, 0.717) is 12.8 Å². The summed E-state index contributed by atoms with van der Waals surface area (Å²) in [6.07, 6.45) is 7.49. The molecule has 6 nitrogen and oxygen atoms in total. The first-order chi connectivity index (χ1) is 10.5. The largest absolute Gasteiger partial charge is 0.352 e. The fourth-order valence-corrected chi connectivity index (χ4v) is 3.96. The van der Waals surface area contributed by atoms with Gasteiger partial charge in [-0.1, -0.05) is 19.8 Å². The highest BCUT2D eigenvalue weighted by molar-refractivity contribution is 6.09. The Balaban J connectivity index is 1.55. The molecule has 1 saturated heterocycles. The van der Waals surface area contributed by atoms with Gasteiger partial charge in [0, 0.05) is 6.04 Å². The van der Waals surface area contributed by atoms with Crippen molar-refractivity contribution in [2.45, 2.75) is 69.9 Å². The number of carbonyl (C=O) groups is 3. The molecular formula is C16H25N3O3. The van der Waals surface area contributed by atoms with Crippen molar-refractivity contribution in [3.05, 3.63) is 0 Å². The second-order valence-electron chi connectivity index (χ2n) is 7.13. The quantitative estimate of drug-likeness (QED) is 0.776. The topological polar surface area (TPSA) is 78.5 Å². The predicted molar refractivity (Wildman–Crippen MR) is 81.0 cm³/mol. The summed E-state index contributed by atoms with van der Waals surface area (Å²) in [5.74, 6) is 0.279. The number of hydrogen-bond donors (Lipinski definition) is 2. The first kappa shape index (κ1) is 15.3. The van der Waals surface area contributed by atoms with Crippen LogP contribution in [0.5, 0.6) is 0 Å². The van der Waals surface area contributed by atoms with Crippen LogP contribution in [-0.4, -0.2) is 40.9 Å². The van der Waals surface area contributed by atoms with Crippen LogP contribution in [0.2, 0.25) is 0 Å². The summed E-state index contributed by atoms with van der Waals surface area (Å²) >= 11 is 0. The summed E-state index contributed by atoms with van der Waals surface area (Å²) in [6, 6.07) is -0.232. The van der Waals surface area contributed by atoms with Gasteiger partial charge in [0.05, 0.1) is 0 Å². The smallest absolute Gasteiger partial charge is 0.325 e. The number of imide groups is 1. The molecular weight excluding hydrogens is 282 g/mol. The zero-order chi connectivity index (χ0) is 15.7. The van der Waals surface area contributed by atoms with E-state index >= 15 is 0 Å². The molecule has 3 fully saturated rings. The number of carbonyl (C=O) groups excluding carboxylic acids is 3. The van der Waals surface area contributed by atoms with E-state index in [-0.39, 0.29) is 24.4 Å². The molecule has 2 aliphatic carbocycles. The van der Waals surface area contributed by atoms with E-state index in [1.165, 1.54) is 0 Å². The van der Waals surface area contributed by atoms with Gasteiger partial charge in [0.15, 0.2) is 0 Å². The summed E-state index contributed by atoms with van der Waals surface area (Å²) < 4.78 is 0. The van der Waals surface area contributed by atoms with E-state index in [1.807, 2.05) is 0 Å². The number of nitrogens with zero attached hydrogens (tertiary/aromatic N) is 1. The number of nitrogens with one attached hydrogen (secondary N) is 2. The monoisotopic (exact) mass is 307 g/mol. The number of amides is 4. The van der Waals surface area contributed by atoms with Gasteiger partial charge in [-0.05, 0) is 44.4 Å².